The van der Waals surface area contributed by atoms with Gasteiger partial charge < -0.3 is 15.0 Å². The third kappa shape index (κ3) is 5.15. The number of methoxy groups -OCH3 is 1. The maximum atomic E-state index is 12.4. The smallest absolute Gasteiger partial charge is 0.251 e. The minimum atomic E-state index is -0.136. The third-order valence-corrected chi connectivity index (χ3v) is 4.13. The van der Waals surface area contributed by atoms with Crippen molar-refractivity contribution < 1.29 is 9.53 Å². The molecule has 0 spiro atoms. The number of nitrogens with zero attached hydrogens (tertiary/aromatic N) is 2. The number of hydrogen-bond donors (Lipinski definition) is 1. The van der Waals surface area contributed by atoms with Crippen LogP contribution in [0, 0.1) is 0 Å². The summed E-state index contributed by atoms with van der Waals surface area (Å²) < 4.78 is 4.98. The Morgan fingerprint density at radius 2 is 1.74 bits per heavy atom. The fourth-order valence-electron chi connectivity index (χ4n) is 2.75. The quantitative estimate of drug-likeness (QED) is 0.620. The second-order valence-electron chi connectivity index (χ2n) is 6.06. The van der Waals surface area contributed by atoms with Gasteiger partial charge in [-0.25, -0.2) is 4.98 Å². The van der Waals surface area contributed by atoms with Gasteiger partial charge in [-0.2, -0.15) is 0 Å². The molecule has 1 heterocycles. The summed E-state index contributed by atoms with van der Waals surface area (Å²) in [6.07, 6.45) is 1.67. The van der Waals surface area contributed by atoms with Crippen molar-refractivity contribution in [3.05, 3.63) is 90.1 Å². The lowest BCUT2D eigenvalue weighted by Crippen LogP contribution is -2.27. The van der Waals surface area contributed by atoms with Crippen LogP contribution >= 0.6 is 0 Å². The number of hydrogen-bond acceptors (Lipinski definition) is 4. The van der Waals surface area contributed by atoms with Crippen LogP contribution in [-0.2, 0) is 11.3 Å². The first kappa shape index (κ1) is 18.6. The van der Waals surface area contributed by atoms with Gasteiger partial charge in [-0.3, -0.25) is 4.79 Å². The van der Waals surface area contributed by atoms with E-state index < -0.39 is 0 Å². The summed E-state index contributed by atoms with van der Waals surface area (Å²) in [5, 5.41) is 2.85. The first-order chi connectivity index (χ1) is 13.3. The number of pyridine rings is 1. The molecule has 5 heteroatoms. The Kier molecular flexibility index (Phi) is 6.55. The van der Waals surface area contributed by atoms with Gasteiger partial charge in [0.25, 0.3) is 5.91 Å². The number of carbonyl (C=O) groups excluding carboxylic acids is 1. The molecule has 3 rings (SSSR count). The maximum absolute atomic E-state index is 12.4. The number of para-hydroxylation sites is 1. The predicted molar refractivity (Wildman–Crippen MR) is 107 cm³/mol. The first-order valence-corrected chi connectivity index (χ1v) is 8.87. The zero-order chi connectivity index (χ0) is 18.9. The maximum Gasteiger partial charge on any atom is 0.251 e. The number of carbonyl (C=O) groups is 1. The average Bonchev–Trinajstić information content (AvgIpc) is 2.73. The molecule has 5 nitrogen and oxygen atoms in total. The van der Waals surface area contributed by atoms with Crippen LogP contribution in [0.25, 0.3) is 0 Å². The lowest BCUT2D eigenvalue weighted by atomic mass is 10.1. The molecular weight excluding hydrogens is 338 g/mol. The Morgan fingerprint density at radius 1 is 1.04 bits per heavy atom. The molecule has 138 valence electrons. The Morgan fingerprint density at radius 3 is 2.44 bits per heavy atom. The number of ether oxygens (including phenoxy) is 1. The van der Waals surface area contributed by atoms with Gasteiger partial charge in [0.15, 0.2) is 0 Å². The fourth-order valence-corrected chi connectivity index (χ4v) is 2.75. The molecule has 0 bridgehead atoms. The summed E-state index contributed by atoms with van der Waals surface area (Å²) in [6.45, 7) is 1.61. The van der Waals surface area contributed by atoms with Crippen LogP contribution in [0.1, 0.15) is 15.9 Å². The minimum absolute atomic E-state index is 0.136. The van der Waals surface area contributed by atoms with Crippen molar-refractivity contribution in [2.45, 2.75) is 6.54 Å². The largest absolute Gasteiger partial charge is 0.383 e. The lowest BCUT2D eigenvalue weighted by molar-refractivity contribution is 0.0937. The van der Waals surface area contributed by atoms with Crippen molar-refractivity contribution in [1.29, 1.82) is 0 Å². The number of rotatable bonds is 8. The zero-order valence-corrected chi connectivity index (χ0v) is 15.3. The van der Waals surface area contributed by atoms with E-state index in [4.69, 9.17) is 4.74 Å². The molecule has 0 saturated carbocycles. The summed E-state index contributed by atoms with van der Waals surface area (Å²) in [7, 11) is 1.61. The van der Waals surface area contributed by atoms with Crippen molar-refractivity contribution in [1.82, 2.24) is 10.3 Å². The summed E-state index contributed by atoms with van der Waals surface area (Å²) >= 11 is 0. The van der Waals surface area contributed by atoms with Gasteiger partial charge >= 0.3 is 0 Å². The number of benzene rings is 2. The second kappa shape index (κ2) is 9.50. The van der Waals surface area contributed by atoms with Gasteiger partial charge in [0.1, 0.15) is 5.82 Å². The van der Waals surface area contributed by atoms with Gasteiger partial charge in [-0.05, 0) is 29.8 Å². The molecule has 0 saturated heterocycles. The van der Waals surface area contributed by atoms with E-state index in [1.165, 1.54) is 0 Å². The van der Waals surface area contributed by atoms with E-state index in [1.807, 2.05) is 54.6 Å². The molecule has 2 aromatic carbocycles. The van der Waals surface area contributed by atoms with Crippen LogP contribution < -0.4 is 10.2 Å². The van der Waals surface area contributed by atoms with Crippen LogP contribution in [0.4, 0.5) is 11.5 Å². The molecule has 0 aliphatic heterocycles. The van der Waals surface area contributed by atoms with Gasteiger partial charge in [0.05, 0.1) is 6.61 Å². The van der Waals surface area contributed by atoms with Crippen LogP contribution in [-0.4, -0.2) is 31.2 Å². The van der Waals surface area contributed by atoms with Crippen LogP contribution in [0.3, 0.4) is 0 Å². The van der Waals surface area contributed by atoms with E-state index in [0.717, 1.165) is 17.1 Å². The molecular formula is C22H23N3O2. The molecule has 1 amide bonds. The highest BCUT2D eigenvalue weighted by atomic mass is 16.5. The molecule has 0 aliphatic rings. The Balaban J connectivity index is 1.88. The summed E-state index contributed by atoms with van der Waals surface area (Å²) in [5.74, 6) is 0.591. The number of nitrogens with one attached hydrogen (secondary N) is 1. The van der Waals surface area contributed by atoms with Crippen molar-refractivity contribution in [2.75, 3.05) is 25.2 Å². The van der Waals surface area contributed by atoms with Crippen molar-refractivity contribution in [2.24, 2.45) is 0 Å². The Bertz CT molecular complexity index is 854. The topological polar surface area (TPSA) is 54.5 Å². The SMILES string of the molecule is COCCNC(=O)c1ccnc(N(Cc2ccccc2)c2ccccc2)c1. The fraction of sp³-hybridized carbons (Fsp3) is 0.182. The highest BCUT2D eigenvalue weighted by Crippen LogP contribution is 2.26. The van der Waals surface area contributed by atoms with E-state index in [1.54, 1.807) is 19.4 Å². The van der Waals surface area contributed by atoms with Crippen molar-refractivity contribution >= 4 is 17.4 Å². The molecule has 0 radical (unpaired) electrons. The minimum Gasteiger partial charge on any atom is -0.383 e. The average molecular weight is 361 g/mol. The van der Waals surface area contributed by atoms with E-state index >= 15 is 0 Å². The Hall–Kier alpha value is -3.18. The van der Waals surface area contributed by atoms with Crippen LogP contribution in [0.5, 0.6) is 0 Å². The van der Waals surface area contributed by atoms with E-state index in [-0.39, 0.29) is 5.91 Å². The van der Waals surface area contributed by atoms with Crippen molar-refractivity contribution in [3.8, 4) is 0 Å². The second-order valence-corrected chi connectivity index (χ2v) is 6.06. The number of aromatic nitrogens is 1. The number of amides is 1. The first-order valence-electron chi connectivity index (χ1n) is 8.87. The van der Waals surface area contributed by atoms with Crippen molar-refractivity contribution in [3.63, 3.8) is 0 Å². The molecule has 1 N–H and O–H groups in total. The van der Waals surface area contributed by atoms with Gasteiger partial charge in [-0.15, -0.1) is 0 Å². The van der Waals surface area contributed by atoms with Gasteiger partial charge in [0.2, 0.25) is 0 Å². The standard InChI is InChI=1S/C22H23N3O2/c1-27-15-14-24-22(26)19-12-13-23-21(16-19)25(20-10-6-3-7-11-20)17-18-8-4-2-5-9-18/h2-13,16H,14-15,17H2,1H3,(H,24,26). The van der Waals surface area contributed by atoms with Crippen LogP contribution in [0.2, 0.25) is 0 Å². The normalized spacial score (nSPS) is 10.4. The Labute approximate surface area is 159 Å². The van der Waals surface area contributed by atoms with Gasteiger partial charge in [-0.1, -0.05) is 48.5 Å². The van der Waals surface area contributed by atoms with Crippen LogP contribution in [0.15, 0.2) is 79.0 Å². The molecule has 0 aliphatic carbocycles. The highest BCUT2D eigenvalue weighted by molar-refractivity contribution is 5.95. The molecule has 27 heavy (non-hydrogen) atoms. The van der Waals surface area contributed by atoms with E-state index in [0.29, 0.717) is 25.3 Å². The number of anilines is 2. The van der Waals surface area contributed by atoms with Gasteiger partial charge in [0, 0.05) is 37.6 Å². The predicted octanol–water partition coefficient (Wildman–Crippen LogP) is 3.80. The highest BCUT2D eigenvalue weighted by Gasteiger charge is 2.14. The van der Waals surface area contributed by atoms with E-state index in [9.17, 15) is 4.79 Å². The molecule has 0 atom stereocenters. The third-order valence-electron chi connectivity index (χ3n) is 4.13. The summed E-state index contributed by atoms with van der Waals surface area (Å²) in [5.41, 5.74) is 2.76. The molecule has 0 unspecified atom stereocenters. The monoisotopic (exact) mass is 361 g/mol. The summed E-state index contributed by atoms with van der Waals surface area (Å²) in [6, 6.07) is 23.8. The van der Waals surface area contributed by atoms with E-state index in [2.05, 4.69) is 27.3 Å². The zero-order valence-electron chi connectivity index (χ0n) is 15.3. The molecule has 3 aromatic rings. The summed E-state index contributed by atoms with van der Waals surface area (Å²) in [4.78, 5) is 19.0. The molecule has 0 fully saturated rings. The molecule has 1 aromatic heterocycles. The lowest BCUT2D eigenvalue weighted by Gasteiger charge is -2.24.